The van der Waals surface area contributed by atoms with Crippen molar-refractivity contribution < 1.29 is 14.4 Å². The van der Waals surface area contributed by atoms with Crippen LogP contribution in [0.5, 0.6) is 0 Å². The van der Waals surface area contributed by atoms with E-state index in [0.717, 1.165) is 20.8 Å². The number of imide groups is 1. The molecule has 0 fully saturated rings. The molecule has 1 aliphatic rings. The fraction of sp³-hybridized carbons (Fsp3) is 0.100. The van der Waals surface area contributed by atoms with Gasteiger partial charge in [-0.3, -0.25) is 19.3 Å². The van der Waals surface area contributed by atoms with Gasteiger partial charge in [-0.05, 0) is 30.3 Å². The van der Waals surface area contributed by atoms with Crippen molar-refractivity contribution in [2.75, 3.05) is 18.1 Å². The lowest BCUT2D eigenvalue weighted by atomic mass is 10.1. The number of nitrogens with zero attached hydrogens (tertiary/aromatic N) is 2. The Labute approximate surface area is 159 Å². The maximum absolute atomic E-state index is 12.2. The molecule has 2 heterocycles. The molecule has 7 heteroatoms. The maximum atomic E-state index is 12.2. The number of para-hydroxylation sites is 1. The molecule has 1 aliphatic heterocycles. The third kappa shape index (κ3) is 3.29. The summed E-state index contributed by atoms with van der Waals surface area (Å²) in [6.45, 7) is 0. The second kappa shape index (κ2) is 6.85. The van der Waals surface area contributed by atoms with Gasteiger partial charge in [0.2, 0.25) is 5.91 Å². The summed E-state index contributed by atoms with van der Waals surface area (Å²) in [4.78, 5) is 41.8. The smallest absolute Gasteiger partial charge is 0.261 e. The fourth-order valence-electron chi connectivity index (χ4n) is 2.90. The summed E-state index contributed by atoms with van der Waals surface area (Å²) in [5.74, 6) is -0.707. The van der Waals surface area contributed by atoms with Crippen LogP contribution < -0.4 is 5.32 Å². The summed E-state index contributed by atoms with van der Waals surface area (Å²) >= 11 is 1.34. The molecule has 0 atom stereocenters. The second-order valence-corrected chi connectivity index (χ2v) is 7.10. The summed E-state index contributed by atoms with van der Waals surface area (Å²) in [5, 5.41) is 4.57. The minimum absolute atomic E-state index is 0.190. The van der Waals surface area contributed by atoms with Crippen molar-refractivity contribution in [2.24, 2.45) is 0 Å². The average molecular weight is 377 g/mol. The molecule has 0 unspecified atom stereocenters. The molecule has 0 saturated carbocycles. The number of anilines is 1. The number of rotatable bonds is 4. The second-order valence-electron chi connectivity index (χ2n) is 6.11. The van der Waals surface area contributed by atoms with E-state index in [-0.39, 0.29) is 23.5 Å². The van der Waals surface area contributed by atoms with Gasteiger partial charge in [0, 0.05) is 18.1 Å². The lowest BCUT2D eigenvalue weighted by molar-refractivity contribution is -0.113. The van der Waals surface area contributed by atoms with Gasteiger partial charge in [-0.15, -0.1) is 0 Å². The molecule has 0 saturated heterocycles. The van der Waals surface area contributed by atoms with Crippen LogP contribution in [0.15, 0.2) is 59.6 Å². The van der Waals surface area contributed by atoms with Crippen LogP contribution in [0.4, 0.5) is 5.69 Å². The summed E-state index contributed by atoms with van der Waals surface area (Å²) in [7, 11) is 1.44. The quantitative estimate of drug-likeness (QED) is 0.558. The number of amides is 3. The van der Waals surface area contributed by atoms with E-state index in [1.807, 2.05) is 36.4 Å². The van der Waals surface area contributed by atoms with Gasteiger partial charge in [0.25, 0.3) is 11.8 Å². The van der Waals surface area contributed by atoms with Crippen LogP contribution in [0.25, 0.3) is 10.9 Å². The van der Waals surface area contributed by atoms with E-state index in [2.05, 4.69) is 10.3 Å². The number of carbonyl (C=O) groups excluding carboxylic acids is 3. The average Bonchev–Trinajstić information content (AvgIpc) is 2.90. The lowest BCUT2D eigenvalue weighted by Gasteiger charge is -2.06. The molecule has 6 nitrogen and oxygen atoms in total. The molecule has 3 amide bonds. The van der Waals surface area contributed by atoms with Gasteiger partial charge >= 0.3 is 0 Å². The van der Waals surface area contributed by atoms with Gasteiger partial charge in [0.05, 0.1) is 27.4 Å². The Hall–Kier alpha value is -3.19. The molecular formula is C20H15N3O3S. The normalized spacial score (nSPS) is 13.1. The van der Waals surface area contributed by atoms with Crippen LogP contribution in [0.1, 0.15) is 20.7 Å². The lowest BCUT2D eigenvalue weighted by Crippen LogP contribution is -2.24. The molecule has 27 heavy (non-hydrogen) atoms. The van der Waals surface area contributed by atoms with Crippen LogP contribution in [-0.4, -0.2) is 40.4 Å². The Morgan fingerprint density at radius 1 is 1.04 bits per heavy atom. The number of hydrogen-bond donors (Lipinski definition) is 1. The van der Waals surface area contributed by atoms with E-state index < -0.39 is 0 Å². The molecule has 4 rings (SSSR count). The molecule has 1 N–H and O–H groups in total. The number of nitrogens with one attached hydrogen (secondary N) is 1. The van der Waals surface area contributed by atoms with Crippen molar-refractivity contribution in [3.05, 3.63) is 65.7 Å². The predicted octanol–water partition coefficient (Wildman–Crippen LogP) is 3.19. The highest BCUT2D eigenvalue weighted by molar-refractivity contribution is 7.99. The Morgan fingerprint density at radius 3 is 2.67 bits per heavy atom. The maximum Gasteiger partial charge on any atom is 0.261 e. The van der Waals surface area contributed by atoms with E-state index in [1.165, 1.54) is 24.9 Å². The Bertz CT molecular complexity index is 1100. The van der Waals surface area contributed by atoms with E-state index in [9.17, 15) is 14.4 Å². The van der Waals surface area contributed by atoms with Gasteiger partial charge in [-0.25, -0.2) is 4.98 Å². The monoisotopic (exact) mass is 377 g/mol. The zero-order valence-corrected chi connectivity index (χ0v) is 15.2. The van der Waals surface area contributed by atoms with Gasteiger partial charge in [0.15, 0.2) is 0 Å². The third-order valence-corrected chi connectivity index (χ3v) is 5.23. The summed E-state index contributed by atoms with van der Waals surface area (Å²) in [6, 6.07) is 16.4. The molecule has 0 radical (unpaired) electrons. The zero-order valence-electron chi connectivity index (χ0n) is 14.4. The van der Waals surface area contributed by atoms with Gasteiger partial charge in [-0.2, -0.15) is 0 Å². The Balaban J connectivity index is 1.42. The van der Waals surface area contributed by atoms with Crippen molar-refractivity contribution in [1.82, 2.24) is 9.88 Å². The standard InChI is InChI=1S/C20H15N3O3S/c1-23-19(25)14-8-7-13(10-15(14)20(23)26)21-17(24)11-27-18-9-6-12-4-2-3-5-16(12)22-18/h2-10H,11H2,1H3,(H,21,24). The fourth-order valence-corrected chi connectivity index (χ4v) is 3.58. The summed E-state index contributed by atoms with van der Waals surface area (Å²) in [5.41, 5.74) is 2.04. The largest absolute Gasteiger partial charge is 0.325 e. The highest BCUT2D eigenvalue weighted by atomic mass is 32.2. The van der Waals surface area contributed by atoms with Crippen molar-refractivity contribution in [3.63, 3.8) is 0 Å². The minimum atomic E-state index is -0.360. The Kier molecular flexibility index (Phi) is 4.37. The molecule has 0 aliphatic carbocycles. The van der Waals surface area contributed by atoms with Crippen LogP contribution in [-0.2, 0) is 4.79 Å². The molecule has 3 aromatic rings. The predicted molar refractivity (Wildman–Crippen MR) is 104 cm³/mol. The molecule has 134 valence electrons. The molecule has 0 bridgehead atoms. The molecule has 2 aromatic carbocycles. The topological polar surface area (TPSA) is 79.4 Å². The minimum Gasteiger partial charge on any atom is -0.325 e. The van der Waals surface area contributed by atoms with E-state index in [1.54, 1.807) is 12.1 Å². The van der Waals surface area contributed by atoms with Crippen LogP contribution >= 0.6 is 11.8 Å². The van der Waals surface area contributed by atoms with Crippen molar-refractivity contribution in [1.29, 1.82) is 0 Å². The number of fused-ring (bicyclic) bond motifs is 2. The van der Waals surface area contributed by atoms with Gasteiger partial charge in [-0.1, -0.05) is 36.0 Å². The third-order valence-electron chi connectivity index (χ3n) is 4.30. The molecule has 1 aromatic heterocycles. The van der Waals surface area contributed by atoms with Gasteiger partial charge in [0.1, 0.15) is 0 Å². The number of aromatic nitrogens is 1. The zero-order chi connectivity index (χ0) is 19.0. The number of carbonyl (C=O) groups is 3. The molecule has 0 spiro atoms. The van der Waals surface area contributed by atoms with Crippen LogP contribution in [0, 0.1) is 0 Å². The van der Waals surface area contributed by atoms with Gasteiger partial charge < -0.3 is 5.32 Å². The Morgan fingerprint density at radius 2 is 1.81 bits per heavy atom. The van der Waals surface area contributed by atoms with Crippen molar-refractivity contribution in [3.8, 4) is 0 Å². The first-order valence-electron chi connectivity index (χ1n) is 8.28. The SMILES string of the molecule is CN1C(=O)c2ccc(NC(=O)CSc3ccc4ccccc4n3)cc2C1=O. The van der Waals surface area contributed by atoms with Crippen molar-refractivity contribution >= 4 is 46.1 Å². The van der Waals surface area contributed by atoms with Crippen LogP contribution in [0.3, 0.4) is 0 Å². The molecular weight excluding hydrogens is 362 g/mol. The number of benzene rings is 2. The number of hydrogen-bond acceptors (Lipinski definition) is 5. The van der Waals surface area contributed by atoms with Crippen LogP contribution in [0.2, 0.25) is 0 Å². The highest BCUT2D eigenvalue weighted by Gasteiger charge is 2.32. The highest BCUT2D eigenvalue weighted by Crippen LogP contribution is 2.25. The van der Waals surface area contributed by atoms with E-state index in [0.29, 0.717) is 16.8 Å². The van der Waals surface area contributed by atoms with Crippen molar-refractivity contribution in [2.45, 2.75) is 5.03 Å². The summed E-state index contributed by atoms with van der Waals surface area (Å²) in [6.07, 6.45) is 0. The first-order valence-corrected chi connectivity index (χ1v) is 9.26. The number of thioether (sulfide) groups is 1. The number of pyridine rings is 1. The summed E-state index contributed by atoms with van der Waals surface area (Å²) < 4.78 is 0. The van der Waals surface area contributed by atoms with E-state index in [4.69, 9.17) is 0 Å². The van der Waals surface area contributed by atoms with E-state index >= 15 is 0 Å². The first-order chi connectivity index (χ1) is 13.0. The first kappa shape index (κ1) is 17.2.